The predicted octanol–water partition coefficient (Wildman–Crippen LogP) is 2.89. The van der Waals surface area contributed by atoms with Gasteiger partial charge in [-0.2, -0.15) is 0 Å². The van der Waals surface area contributed by atoms with Crippen LogP contribution in [-0.4, -0.2) is 30.4 Å². The fourth-order valence-electron chi connectivity index (χ4n) is 1.97. The lowest BCUT2D eigenvalue weighted by Gasteiger charge is -2.19. The first-order chi connectivity index (χ1) is 8.49. The van der Waals surface area contributed by atoms with Crippen molar-refractivity contribution >= 4 is 11.6 Å². The lowest BCUT2D eigenvalue weighted by Crippen LogP contribution is -2.33. The molecule has 1 N–H and O–H groups in total. The van der Waals surface area contributed by atoms with Crippen molar-refractivity contribution in [1.29, 1.82) is 0 Å². The number of nitrogens with zero attached hydrogens (tertiary/aromatic N) is 1. The maximum absolute atomic E-state index is 12.0. The summed E-state index contributed by atoms with van der Waals surface area (Å²) >= 11 is 0. The van der Waals surface area contributed by atoms with E-state index in [1.54, 1.807) is 0 Å². The average Bonchev–Trinajstić information content (AvgIpc) is 2.36. The van der Waals surface area contributed by atoms with E-state index in [0.717, 1.165) is 29.9 Å². The molecule has 0 fully saturated rings. The smallest absolute Gasteiger partial charge is 0.238 e. The Hall–Kier alpha value is -1.35. The maximum Gasteiger partial charge on any atom is 0.238 e. The fourth-order valence-corrected chi connectivity index (χ4v) is 1.97. The summed E-state index contributed by atoms with van der Waals surface area (Å²) in [6.45, 7) is 12.5. The fraction of sp³-hybridized carbons (Fsp3) is 0.533. The molecule has 3 heteroatoms. The molecule has 0 saturated carbocycles. The Morgan fingerprint density at radius 3 is 2.22 bits per heavy atom. The van der Waals surface area contributed by atoms with Gasteiger partial charge in [-0.3, -0.25) is 9.69 Å². The highest BCUT2D eigenvalue weighted by molar-refractivity contribution is 5.93. The van der Waals surface area contributed by atoms with Gasteiger partial charge in [-0.25, -0.2) is 0 Å². The molecule has 1 aromatic rings. The highest BCUT2D eigenvalue weighted by atomic mass is 16.2. The normalized spacial score (nSPS) is 10.8. The summed E-state index contributed by atoms with van der Waals surface area (Å²) in [6, 6.07) is 4.14. The topological polar surface area (TPSA) is 32.3 Å². The van der Waals surface area contributed by atoms with Crippen LogP contribution in [0.25, 0.3) is 0 Å². The van der Waals surface area contributed by atoms with Gasteiger partial charge in [0.25, 0.3) is 0 Å². The molecule has 0 heterocycles. The van der Waals surface area contributed by atoms with E-state index < -0.39 is 0 Å². The van der Waals surface area contributed by atoms with Crippen LogP contribution in [0.15, 0.2) is 12.1 Å². The molecule has 3 nitrogen and oxygen atoms in total. The number of likely N-dealkylation sites (N-methyl/N-ethyl adjacent to an activating group) is 1. The zero-order valence-corrected chi connectivity index (χ0v) is 12.1. The van der Waals surface area contributed by atoms with E-state index in [1.165, 1.54) is 5.56 Å². The molecule has 0 aliphatic carbocycles. The highest BCUT2D eigenvalue weighted by Gasteiger charge is 2.11. The summed E-state index contributed by atoms with van der Waals surface area (Å²) in [5.41, 5.74) is 4.44. The molecule has 18 heavy (non-hydrogen) atoms. The summed E-state index contributed by atoms with van der Waals surface area (Å²) in [7, 11) is 0. The second kappa shape index (κ2) is 6.55. The van der Waals surface area contributed by atoms with Crippen molar-refractivity contribution in [2.24, 2.45) is 0 Å². The van der Waals surface area contributed by atoms with Gasteiger partial charge < -0.3 is 5.32 Å². The van der Waals surface area contributed by atoms with Gasteiger partial charge in [0.05, 0.1) is 6.54 Å². The van der Waals surface area contributed by atoms with E-state index in [0.29, 0.717) is 6.54 Å². The first-order valence-corrected chi connectivity index (χ1v) is 6.58. The Kier molecular flexibility index (Phi) is 5.35. The van der Waals surface area contributed by atoms with Crippen LogP contribution in [-0.2, 0) is 4.79 Å². The lowest BCUT2D eigenvalue weighted by atomic mass is 10.0. The molecule has 0 spiro atoms. The molecule has 0 unspecified atom stereocenters. The maximum atomic E-state index is 12.0. The average molecular weight is 248 g/mol. The van der Waals surface area contributed by atoms with E-state index in [9.17, 15) is 4.79 Å². The molecule has 0 aliphatic heterocycles. The van der Waals surface area contributed by atoms with E-state index in [4.69, 9.17) is 0 Å². The van der Waals surface area contributed by atoms with Gasteiger partial charge >= 0.3 is 0 Å². The third-order valence-corrected chi connectivity index (χ3v) is 3.47. The van der Waals surface area contributed by atoms with Crippen molar-refractivity contribution in [3.63, 3.8) is 0 Å². The summed E-state index contributed by atoms with van der Waals surface area (Å²) in [4.78, 5) is 14.1. The number of aryl methyl sites for hydroxylation is 2. The van der Waals surface area contributed by atoms with Gasteiger partial charge in [0, 0.05) is 5.69 Å². The Morgan fingerprint density at radius 2 is 1.67 bits per heavy atom. The largest absolute Gasteiger partial charge is 0.324 e. The van der Waals surface area contributed by atoms with Crippen LogP contribution in [0.2, 0.25) is 0 Å². The van der Waals surface area contributed by atoms with Gasteiger partial charge in [0.1, 0.15) is 0 Å². The molecule has 0 atom stereocenters. The number of hydrogen-bond donors (Lipinski definition) is 1. The summed E-state index contributed by atoms with van der Waals surface area (Å²) < 4.78 is 0. The second-order valence-electron chi connectivity index (χ2n) is 4.71. The molecular formula is C15H24N2O. The summed E-state index contributed by atoms with van der Waals surface area (Å²) in [5.74, 6) is 0.0653. The zero-order valence-electron chi connectivity index (χ0n) is 12.1. The third-order valence-electron chi connectivity index (χ3n) is 3.47. The van der Waals surface area contributed by atoms with Gasteiger partial charge in [0.2, 0.25) is 5.91 Å². The molecule has 0 bridgehead atoms. The van der Waals surface area contributed by atoms with Crippen LogP contribution in [0.4, 0.5) is 5.69 Å². The van der Waals surface area contributed by atoms with Crippen molar-refractivity contribution in [2.45, 2.75) is 34.6 Å². The zero-order chi connectivity index (χ0) is 13.7. The standard InChI is InChI=1S/C15H24N2O/c1-6-17(7-2)10-14(18)16-15-12(4)9-8-11(3)13(15)5/h8-9H,6-7,10H2,1-5H3,(H,16,18). The van der Waals surface area contributed by atoms with E-state index in [2.05, 4.69) is 50.0 Å². The van der Waals surface area contributed by atoms with Crippen molar-refractivity contribution in [3.05, 3.63) is 28.8 Å². The molecule has 0 aromatic heterocycles. The Morgan fingerprint density at radius 1 is 1.11 bits per heavy atom. The van der Waals surface area contributed by atoms with Crippen LogP contribution in [0.3, 0.4) is 0 Å². The number of hydrogen-bond acceptors (Lipinski definition) is 2. The minimum absolute atomic E-state index is 0.0653. The first-order valence-electron chi connectivity index (χ1n) is 6.58. The molecule has 100 valence electrons. The van der Waals surface area contributed by atoms with Crippen LogP contribution in [0.1, 0.15) is 30.5 Å². The van der Waals surface area contributed by atoms with E-state index in [-0.39, 0.29) is 5.91 Å². The van der Waals surface area contributed by atoms with Gasteiger partial charge in [-0.15, -0.1) is 0 Å². The molecule has 0 saturated heterocycles. The third kappa shape index (κ3) is 3.57. The Bertz CT molecular complexity index is 423. The quantitative estimate of drug-likeness (QED) is 0.869. The summed E-state index contributed by atoms with van der Waals surface area (Å²) in [5, 5.41) is 3.04. The van der Waals surface area contributed by atoms with Crippen LogP contribution >= 0.6 is 0 Å². The van der Waals surface area contributed by atoms with Crippen LogP contribution in [0, 0.1) is 20.8 Å². The number of benzene rings is 1. The molecule has 1 amide bonds. The molecule has 1 rings (SSSR count). The van der Waals surface area contributed by atoms with Crippen molar-refractivity contribution in [2.75, 3.05) is 25.0 Å². The van der Waals surface area contributed by atoms with Crippen molar-refractivity contribution < 1.29 is 4.79 Å². The minimum Gasteiger partial charge on any atom is -0.324 e. The first kappa shape index (κ1) is 14.7. The van der Waals surface area contributed by atoms with Crippen LogP contribution in [0.5, 0.6) is 0 Å². The molecule has 0 radical (unpaired) electrons. The van der Waals surface area contributed by atoms with Crippen molar-refractivity contribution in [1.82, 2.24) is 4.90 Å². The molecule has 0 aliphatic rings. The second-order valence-corrected chi connectivity index (χ2v) is 4.71. The number of carbonyl (C=O) groups is 1. The minimum atomic E-state index is 0.0653. The lowest BCUT2D eigenvalue weighted by molar-refractivity contribution is -0.117. The number of rotatable bonds is 5. The van der Waals surface area contributed by atoms with E-state index >= 15 is 0 Å². The summed E-state index contributed by atoms with van der Waals surface area (Å²) in [6.07, 6.45) is 0. The van der Waals surface area contributed by atoms with E-state index in [1.807, 2.05) is 6.92 Å². The highest BCUT2D eigenvalue weighted by Crippen LogP contribution is 2.22. The Balaban J connectivity index is 2.79. The SMILES string of the molecule is CCN(CC)CC(=O)Nc1c(C)ccc(C)c1C. The number of amides is 1. The number of nitrogens with one attached hydrogen (secondary N) is 1. The van der Waals surface area contributed by atoms with Crippen molar-refractivity contribution in [3.8, 4) is 0 Å². The van der Waals surface area contributed by atoms with Gasteiger partial charge in [-0.05, 0) is 50.6 Å². The monoisotopic (exact) mass is 248 g/mol. The number of anilines is 1. The number of carbonyl (C=O) groups excluding carboxylic acids is 1. The molecular weight excluding hydrogens is 224 g/mol. The predicted molar refractivity (Wildman–Crippen MR) is 77.1 cm³/mol. The van der Waals surface area contributed by atoms with Gasteiger partial charge in [0.15, 0.2) is 0 Å². The Labute approximate surface area is 110 Å². The molecule has 1 aromatic carbocycles. The van der Waals surface area contributed by atoms with Crippen LogP contribution < -0.4 is 5.32 Å². The van der Waals surface area contributed by atoms with Gasteiger partial charge in [-0.1, -0.05) is 26.0 Å².